The van der Waals surface area contributed by atoms with Crippen molar-refractivity contribution < 1.29 is 4.74 Å². The molecule has 1 aromatic rings. The topological polar surface area (TPSA) is 39.1 Å². The average Bonchev–Trinajstić information content (AvgIpc) is 2.70. The Morgan fingerprint density at radius 2 is 2.06 bits per heavy atom. The maximum atomic E-state index is 5.46. The Kier molecular flexibility index (Phi) is 5.20. The molecule has 0 saturated heterocycles. The lowest BCUT2D eigenvalue weighted by Crippen LogP contribution is -2.34. The average molecular weight is 253 g/mol. The van der Waals surface area contributed by atoms with Crippen molar-refractivity contribution in [3.63, 3.8) is 0 Å². The van der Waals surface area contributed by atoms with Gasteiger partial charge in [0, 0.05) is 6.54 Å². The molecule has 0 aliphatic carbocycles. The standard InChI is InChI=1S/C14H27N3O/c1-7-9-15-13(14(3,4)5)12-11(18-6)10-16-17(12)8-2/h10,13,15H,7-9H2,1-6H3. The molecule has 0 bridgehead atoms. The van der Waals surface area contributed by atoms with Gasteiger partial charge in [0.1, 0.15) is 0 Å². The van der Waals surface area contributed by atoms with Crippen LogP contribution in [-0.4, -0.2) is 23.4 Å². The molecule has 1 heterocycles. The van der Waals surface area contributed by atoms with Crippen LogP contribution in [0.25, 0.3) is 0 Å². The van der Waals surface area contributed by atoms with Crippen LogP contribution < -0.4 is 10.1 Å². The van der Waals surface area contributed by atoms with Gasteiger partial charge in [0.25, 0.3) is 0 Å². The van der Waals surface area contributed by atoms with Gasteiger partial charge in [-0.2, -0.15) is 5.10 Å². The second-order valence-electron chi connectivity index (χ2n) is 5.67. The van der Waals surface area contributed by atoms with Gasteiger partial charge in [-0.15, -0.1) is 0 Å². The van der Waals surface area contributed by atoms with E-state index in [9.17, 15) is 0 Å². The van der Waals surface area contributed by atoms with Crippen molar-refractivity contribution in [3.05, 3.63) is 11.9 Å². The predicted molar refractivity (Wildman–Crippen MR) is 74.9 cm³/mol. The highest BCUT2D eigenvalue weighted by Gasteiger charge is 2.31. The van der Waals surface area contributed by atoms with E-state index in [4.69, 9.17) is 4.74 Å². The van der Waals surface area contributed by atoms with Crippen molar-refractivity contribution in [2.45, 2.75) is 53.6 Å². The quantitative estimate of drug-likeness (QED) is 0.847. The van der Waals surface area contributed by atoms with E-state index in [1.54, 1.807) is 7.11 Å². The minimum Gasteiger partial charge on any atom is -0.493 e. The Bertz CT molecular complexity index is 344. The number of methoxy groups -OCH3 is 1. The van der Waals surface area contributed by atoms with E-state index in [1.165, 1.54) is 0 Å². The van der Waals surface area contributed by atoms with Gasteiger partial charge < -0.3 is 10.1 Å². The third-order valence-electron chi connectivity index (χ3n) is 3.10. The first-order chi connectivity index (χ1) is 8.45. The molecule has 0 fully saturated rings. The molecule has 1 aromatic heterocycles. The molecule has 0 aromatic carbocycles. The van der Waals surface area contributed by atoms with Crippen LogP contribution in [0.4, 0.5) is 0 Å². The zero-order valence-electron chi connectivity index (χ0n) is 12.6. The first-order valence-corrected chi connectivity index (χ1v) is 6.78. The number of hydrogen-bond donors (Lipinski definition) is 1. The largest absolute Gasteiger partial charge is 0.493 e. The summed E-state index contributed by atoms with van der Waals surface area (Å²) in [5, 5.41) is 8.02. The molecule has 18 heavy (non-hydrogen) atoms. The SMILES string of the molecule is CCCNC(c1c(OC)cnn1CC)C(C)(C)C. The van der Waals surface area contributed by atoms with Crippen molar-refractivity contribution in [1.82, 2.24) is 15.1 Å². The second kappa shape index (κ2) is 6.23. The number of rotatable bonds is 6. The summed E-state index contributed by atoms with van der Waals surface area (Å²) in [4.78, 5) is 0. The van der Waals surface area contributed by atoms with Gasteiger partial charge in [-0.1, -0.05) is 27.7 Å². The zero-order valence-corrected chi connectivity index (χ0v) is 12.6. The molecular formula is C14H27N3O. The normalized spacial score (nSPS) is 13.7. The minimum atomic E-state index is 0.120. The summed E-state index contributed by atoms with van der Waals surface area (Å²) in [7, 11) is 1.71. The molecule has 1 unspecified atom stereocenters. The Morgan fingerprint density at radius 3 is 2.50 bits per heavy atom. The van der Waals surface area contributed by atoms with E-state index >= 15 is 0 Å². The number of aromatic nitrogens is 2. The summed E-state index contributed by atoms with van der Waals surface area (Å²) in [5.74, 6) is 0.875. The Labute approximate surface area is 111 Å². The Balaban J connectivity index is 3.14. The van der Waals surface area contributed by atoms with Gasteiger partial charge in [-0.3, -0.25) is 4.68 Å². The van der Waals surface area contributed by atoms with E-state index in [-0.39, 0.29) is 11.5 Å². The Morgan fingerprint density at radius 1 is 1.39 bits per heavy atom. The first kappa shape index (κ1) is 15.0. The molecule has 1 rings (SSSR count). The van der Waals surface area contributed by atoms with Crippen LogP contribution in [0.15, 0.2) is 6.20 Å². The molecule has 1 N–H and O–H groups in total. The van der Waals surface area contributed by atoms with Gasteiger partial charge in [0.15, 0.2) is 5.75 Å². The molecule has 0 aliphatic rings. The lowest BCUT2D eigenvalue weighted by Gasteiger charge is -2.32. The van der Waals surface area contributed by atoms with Gasteiger partial charge in [0.2, 0.25) is 0 Å². The highest BCUT2D eigenvalue weighted by Crippen LogP contribution is 2.37. The van der Waals surface area contributed by atoms with Crippen LogP contribution in [0, 0.1) is 5.41 Å². The fourth-order valence-corrected chi connectivity index (χ4v) is 2.18. The van der Waals surface area contributed by atoms with E-state index in [1.807, 2.05) is 10.9 Å². The molecule has 1 atom stereocenters. The molecule has 4 heteroatoms. The highest BCUT2D eigenvalue weighted by atomic mass is 16.5. The van der Waals surface area contributed by atoms with E-state index in [2.05, 4.69) is 45.0 Å². The van der Waals surface area contributed by atoms with Crippen LogP contribution in [-0.2, 0) is 6.54 Å². The Hall–Kier alpha value is -1.03. The summed E-state index contributed by atoms with van der Waals surface area (Å²) < 4.78 is 7.49. The number of hydrogen-bond acceptors (Lipinski definition) is 3. The van der Waals surface area contributed by atoms with Crippen LogP contribution in [0.5, 0.6) is 5.75 Å². The zero-order chi connectivity index (χ0) is 13.8. The minimum absolute atomic E-state index is 0.120. The molecule has 104 valence electrons. The number of nitrogens with one attached hydrogen (secondary N) is 1. The molecule has 0 aliphatic heterocycles. The third kappa shape index (κ3) is 3.25. The number of ether oxygens (including phenoxy) is 1. The third-order valence-corrected chi connectivity index (χ3v) is 3.10. The summed E-state index contributed by atoms with van der Waals surface area (Å²) >= 11 is 0. The second-order valence-corrected chi connectivity index (χ2v) is 5.67. The first-order valence-electron chi connectivity index (χ1n) is 6.78. The van der Waals surface area contributed by atoms with Crippen molar-refractivity contribution in [3.8, 4) is 5.75 Å². The van der Waals surface area contributed by atoms with Crippen LogP contribution in [0.3, 0.4) is 0 Å². The van der Waals surface area contributed by atoms with Gasteiger partial charge >= 0.3 is 0 Å². The molecule has 4 nitrogen and oxygen atoms in total. The smallest absolute Gasteiger partial charge is 0.161 e. The number of nitrogens with zero attached hydrogens (tertiary/aromatic N) is 2. The lowest BCUT2D eigenvalue weighted by molar-refractivity contribution is 0.251. The highest BCUT2D eigenvalue weighted by molar-refractivity contribution is 5.29. The van der Waals surface area contributed by atoms with Crippen LogP contribution in [0.2, 0.25) is 0 Å². The monoisotopic (exact) mass is 253 g/mol. The predicted octanol–water partition coefficient (Wildman–Crippen LogP) is 3.00. The summed E-state index contributed by atoms with van der Waals surface area (Å²) in [6, 6.07) is 0.245. The maximum absolute atomic E-state index is 5.46. The molecule has 0 spiro atoms. The van der Waals surface area contributed by atoms with Gasteiger partial charge in [-0.25, -0.2) is 0 Å². The summed E-state index contributed by atoms with van der Waals surface area (Å²) in [6.07, 6.45) is 2.93. The fraction of sp³-hybridized carbons (Fsp3) is 0.786. The van der Waals surface area contributed by atoms with Crippen LogP contribution >= 0.6 is 0 Å². The lowest BCUT2D eigenvalue weighted by atomic mass is 9.84. The van der Waals surface area contributed by atoms with Crippen molar-refractivity contribution in [2.75, 3.05) is 13.7 Å². The molecule has 0 saturated carbocycles. The fourth-order valence-electron chi connectivity index (χ4n) is 2.18. The van der Waals surface area contributed by atoms with E-state index < -0.39 is 0 Å². The molecule has 0 amide bonds. The van der Waals surface area contributed by atoms with Crippen LogP contribution in [0.1, 0.15) is 52.8 Å². The van der Waals surface area contributed by atoms with Crippen molar-refractivity contribution in [1.29, 1.82) is 0 Å². The summed E-state index contributed by atoms with van der Waals surface area (Å²) in [5.41, 5.74) is 1.27. The molecule has 0 radical (unpaired) electrons. The van der Waals surface area contributed by atoms with E-state index in [0.29, 0.717) is 0 Å². The number of aryl methyl sites for hydroxylation is 1. The van der Waals surface area contributed by atoms with Crippen molar-refractivity contribution >= 4 is 0 Å². The van der Waals surface area contributed by atoms with Crippen molar-refractivity contribution in [2.24, 2.45) is 5.41 Å². The van der Waals surface area contributed by atoms with E-state index in [0.717, 1.165) is 31.0 Å². The molecular weight excluding hydrogens is 226 g/mol. The maximum Gasteiger partial charge on any atom is 0.161 e. The summed E-state index contributed by atoms with van der Waals surface area (Å²) in [6.45, 7) is 12.9. The van der Waals surface area contributed by atoms with Gasteiger partial charge in [0.05, 0.1) is 25.0 Å². The van der Waals surface area contributed by atoms with Gasteiger partial charge in [-0.05, 0) is 25.3 Å².